The smallest absolute Gasteiger partial charge is 0.175 e. The Labute approximate surface area is 189 Å². The van der Waals surface area contributed by atoms with Gasteiger partial charge in [0.25, 0.3) is 0 Å². The van der Waals surface area contributed by atoms with Crippen LogP contribution in [0.2, 0.25) is 0 Å². The summed E-state index contributed by atoms with van der Waals surface area (Å²) in [6, 6.07) is 14.3. The first-order chi connectivity index (χ1) is 15.4. The normalized spacial score (nSPS) is 21.0. The number of hydrogen-bond donors (Lipinski definition) is 1. The fourth-order valence-electron chi connectivity index (χ4n) is 5.49. The molecule has 1 spiro atoms. The SMILES string of the molecule is CS(=O)(=O)c1ccc(N2CCN(c3ccc4ccn(C5CC6(CNC6)C5)c4n3)CC2)cc1. The van der Waals surface area contributed by atoms with Crippen molar-refractivity contribution in [1.82, 2.24) is 14.9 Å². The largest absolute Gasteiger partial charge is 0.368 e. The fourth-order valence-corrected chi connectivity index (χ4v) is 6.12. The van der Waals surface area contributed by atoms with Crippen molar-refractivity contribution < 1.29 is 8.42 Å². The molecule has 3 fully saturated rings. The third kappa shape index (κ3) is 3.36. The minimum absolute atomic E-state index is 0.367. The molecular formula is C24H29N5O2S. The predicted octanol–water partition coefficient (Wildman–Crippen LogP) is 2.69. The van der Waals surface area contributed by atoms with E-state index >= 15 is 0 Å². The average Bonchev–Trinajstić information content (AvgIpc) is 3.14. The van der Waals surface area contributed by atoms with E-state index in [1.54, 1.807) is 12.1 Å². The zero-order chi connectivity index (χ0) is 21.9. The molecular weight excluding hydrogens is 422 g/mol. The molecule has 3 aromatic rings. The Kier molecular flexibility index (Phi) is 4.52. The van der Waals surface area contributed by atoms with Gasteiger partial charge < -0.3 is 19.7 Å². The maximum atomic E-state index is 11.7. The third-order valence-electron chi connectivity index (χ3n) is 7.51. The van der Waals surface area contributed by atoms with Crippen LogP contribution >= 0.6 is 0 Å². The summed E-state index contributed by atoms with van der Waals surface area (Å²) >= 11 is 0. The van der Waals surface area contributed by atoms with Crippen molar-refractivity contribution in [2.45, 2.75) is 23.8 Å². The average molecular weight is 452 g/mol. The molecule has 32 heavy (non-hydrogen) atoms. The second-order valence-electron chi connectivity index (χ2n) is 9.71. The Balaban J connectivity index is 1.15. The molecule has 168 valence electrons. The number of fused-ring (bicyclic) bond motifs is 1. The van der Waals surface area contributed by atoms with Crippen molar-refractivity contribution in [2.24, 2.45) is 5.41 Å². The molecule has 6 rings (SSSR count). The van der Waals surface area contributed by atoms with Crippen LogP contribution in [0.25, 0.3) is 11.0 Å². The molecule has 2 saturated heterocycles. The number of sulfone groups is 1. The van der Waals surface area contributed by atoms with Crippen molar-refractivity contribution in [3.8, 4) is 0 Å². The molecule has 2 aromatic heterocycles. The maximum Gasteiger partial charge on any atom is 0.175 e. The summed E-state index contributed by atoms with van der Waals surface area (Å²) in [5.41, 5.74) is 2.72. The molecule has 1 aromatic carbocycles. The second-order valence-corrected chi connectivity index (χ2v) is 11.7. The lowest BCUT2D eigenvalue weighted by atomic mass is 9.61. The highest BCUT2D eigenvalue weighted by Gasteiger charge is 2.49. The fraction of sp³-hybridized carbons (Fsp3) is 0.458. The lowest BCUT2D eigenvalue weighted by Gasteiger charge is -2.54. The van der Waals surface area contributed by atoms with Gasteiger partial charge in [-0.05, 0) is 60.7 Å². The lowest BCUT2D eigenvalue weighted by molar-refractivity contribution is 0.00920. The van der Waals surface area contributed by atoms with Crippen LogP contribution in [0.15, 0.2) is 53.6 Å². The van der Waals surface area contributed by atoms with Gasteiger partial charge in [-0.3, -0.25) is 0 Å². The Morgan fingerprint density at radius 1 is 0.938 bits per heavy atom. The van der Waals surface area contributed by atoms with Crippen LogP contribution < -0.4 is 15.1 Å². The van der Waals surface area contributed by atoms with Crippen molar-refractivity contribution in [3.05, 3.63) is 48.7 Å². The molecule has 0 bridgehead atoms. The van der Waals surface area contributed by atoms with Crippen molar-refractivity contribution in [3.63, 3.8) is 0 Å². The zero-order valence-corrected chi connectivity index (χ0v) is 19.2. The first kappa shape index (κ1) is 20.1. The minimum atomic E-state index is -3.16. The van der Waals surface area contributed by atoms with E-state index in [1.165, 1.54) is 37.6 Å². The van der Waals surface area contributed by atoms with E-state index in [1.807, 2.05) is 12.1 Å². The highest BCUT2D eigenvalue weighted by Crippen LogP contribution is 2.51. The van der Waals surface area contributed by atoms with Gasteiger partial charge in [0.15, 0.2) is 9.84 Å². The summed E-state index contributed by atoms with van der Waals surface area (Å²) < 4.78 is 25.8. The van der Waals surface area contributed by atoms with E-state index in [-0.39, 0.29) is 0 Å². The molecule has 7 nitrogen and oxygen atoms in total. The van der Waals surface area contributed by atoms with Gasteiger partial charge in [-0.15, -0.1) is 0 Å². The number of rotatable bonds is 4. The van der Waals surface area contributed by atoms with Crippen LogP contribution in [0, 0.1) is 5.41 Å². The third-order valence-corrected chi connectivity index (χ3v) is 8.64. The second kappa shape index (κ2) is 7.22. The van der Waals surface area contributed by atoms with Crippen molar-refractivity contribution in [2.75, 3.05) is 55.3 Å². The topological polar surface area (TPSA) is 70.5 Å². The minimum Gasteiger partial charge on any atom is -0.368 e. The molecule has 0 atom stereocenters. The van der Waals surface area contributed by atoms with Gasteiger partial charge in [0.2, 0.25) is 0 Å². The first-order valence-electron chi connectivity index (χ1n) is 11.4. The number of nitrogens with zero attached hydrogens (tertiary/aromatic N) is 4. The summed E-state index contributed by atoms with van der Waals surface area (Å²) in [5.74, 6) is 1.05. The monoisotopic (exact) mass is 451 g/mol. The van der Waals surface area contributed by atoms with Crippen LogP contribution in [-0.2, 0) is 9.84 Å². The number of benzene rings is 1. The van der Waals surface area contributed by atoms with Gasteiger partial charge in [-0.2, -0.15) is 0 Å². The van der Waals surface area contributed by atoms with E-state index < -0.39 is 9.84 Å². The molecule has 2 aliphatic heterocycles. The van der Waals surface area contributed by atoms with E-state index in [0.29, 0.717) is 16.4 Å². The standard InChI is InChI=1S/C24H29N5O2S/c1-32(30,31)21-5-3-19(4-6-21)27-10-12-28(13-11-27)22-7-2-18-8-9-29(23(18)26-22)20-14-24(15-20)16-25-17-24/h2-9,20,25H,10-17H2,1H3. The number of anilines is 2. The first-order valence-corrected chi connectivity index (χ1v) is 13.3. The Morgan fingerprint density at radius 3 is 2.25 bits per heavy atom. The number of pyridine rings is 1. The summed E-state index contributed by atoms with van der Waals surface area (Å²) in [6.07, 6.45) is 5.97. The van der Waals surface area contributed by atoms with Gasteiger partial charge in [-0.25, -0.2) is 13.4 Å². The van der Waals surface area contributed by atoms with Crippen LogP contribution in [-0.4, -0.2) is 63.5 Å². The van der Waals surface area contributed by atoms with Crippen LogP contribution in [0.4, 0.5) is 11.5 Å². The van der Waals surface area contributed by atoms with E-state index in [9.17, 15) is 8.42 Å². The van der Waals surface area contributed by atoms with Crippen molar-refractivity contribution in [1.29, 1.82) is 0 Å². The quantitative estimate of drug-likeness (QED) is 0.658. The summed E-state index contributed by atoms with van der Waals surface area (Å²) in [4.78, 5) is 10.1. The number of hydrogen-bond acceptors (Lipinski definition) is 6. The Morgan fingerprint density at radius 2 is 1.62 bits per heavy atom. The zero-order valence-electron chi connectivity index (χ0n) is 18.4. The van der Waals surface area contributed by atoms with E-state index in [4.69, 9.17) is 4.98 Å². The molecule has 1 saturated carbocycles. The molecule has 0 unspecified atom stereocenters. The summed E-state index contributed by atoms with van der Waals surface area (Å²) in [6.45, 7) is 5.90. The van der Waals surface area contributed by atoms with E-state index in [2.05, 4.69) is 44.1 Å². The Bertz CT molecular complexity index is 1250. The van der Waals surface area contributed by atoms with Gasteiger partial charge in [-0.1, -0.05) is 0 Å². The summed E-state index contributed by atoms with van der Waals surface area (Å²) in [5, 5.41) is 4.64. The molecule has 0 amide bonds. The number of piperazine rings is 1. The van der Waals surface area contributed by atoms with Gasteiger partial charge >= 0.3 is 0 Å². The molecule has 4 heterocycles. The van der Waals surface area contributed by atoms with Crippen LogP contribution in [0.3, 0.4) is 0 Å². The maximum absolute atomic E-state index is 11.7. The van der Waals surface area contributed by atoms with E-state index in [0.717, 1.165) is 43.3 Å². The Hall–Kier alpha value is -2.58. The van der Waals surface area contributed by atoms with Crippen molar-refractivity contribution >= 4 is 32.4 Å². The number of aromatic nitrogens is 2. The lowest BCUT2D eigenvalue weighted by Crippen LogP contribution is -2.60. The van der Waals surface area contributed by atoms with Gasteiger partial charge in [0.05, 0.1) is 4.90 Å². The molecule has 3 aliphatic rings. The molecule has 1 aliphatic carbocycles. The summed E-state index contributed by atoms with van der Waals surface area (Å²) in [7, 11) is -3.16. The highest BCUT2D eigenvalue weighted by molar-refractivity contribution is 7.90. The highest BCUT2D eigenvalue weighted by atomic mass is 32.2. The molecule has 1 N–H and O–H groups in total. The molecule has 0 radical (unpaired) electrons. The van der Waals surface area contributed by atoms with Crippen LogP contribution in [0.5, 0.6) is 0 Å². The van der Waals surface area contributed by atoms with Gasteiger partial charge in [0.1, 0.15) is 11.5 Å². The molecule has 8 heteroatoms. The predicted molar refractivity (Wildman–Crippen MR) is 127 cm³/mol. The van der Waals surface area contributed by atoms with Crippen LogP contribution in [0.1, 0.15) is 18.9 Å². The van der Waals surface area contributed by atoms with Gasteiger partial charge in [0, 0.05) is 68.8 Å². The number of nitrogens with one attached hydrogen (secondary N) is 1.